The Balaban J connectivity index is 3.50. The lowest BCUT2D eigenvalue weighted by Gasteiger charge is -2.11. The molecule has 0 aliphatic carbocycles. The fraction of sp³-hybridized carbons (Fsp3) is 0.200. The number of rotatable bonds is 2. The van der Waals surface area contributed by atoms with Crippen LogP contribution in [0.4, 0.5) is 13.2 Å². The molecule has 1 rings (SSSR count). The van der Waals surface area contributed by atoms with Gasteiger partial charge in [0.2, 0.25) is 0 Å². The van der Waals surface area contributed by atoms with Crippen LogP contribution in [0.15, 0.2) is 12.1 Å². The van der Waals surface area contributed by atoms with Gasteiger partial charge in [-0.3, -0.25) is 4.79 Å². The molecule has 0 saturated heterocycles. The average Bonchev–Trinajstić information content (AvgIpc) is 2.25. The molecule has 0 N–H and O–H groups in total. The van der Waals surface area contributed by atoms with Gasteiger partial charge >= 0.3 is 6.18 Å². The molecule has 2 nitrogen and oxygen atoms in total. The van der Waals surface area contributed by atoms with Crippen molar-refractivity contribution in [1.82, 2.24) is 0 Å². The zero-order chi connectivity index (χ0) is 13.2. The van der Waals surface area contributed by atoms with Gasteiger partial charge in [0.25, 0.3) is 0 Å². The highest BCUT2D eigenvalue weighted by atomic mass is 127. The van der Waals surface area contributed by atoms with E-state index in [0.717, 1.165) is 6.07 Å². The number of Topliss-reactive ketones (excluding diaryl/α,β-unsaturated/α-hetero) is 1. The SMILES string of the molecule is N#Cc1cc(I)c(C(=O)CCl)cc1C(F)(F)F. The molecule has 0 fully saturated rings. The quantitative estimate of drug-likeness (QED) is 0.451. The molecule has 0 aromatic heterocycles. The molecule has 1 aromatic rings. The Morgan fingerprint density at radius 1 is 1.47 bits per heavy atom. The Morgan fingerprint density at radius 2 is 2.06 bits per heavy atom. The van der Waals surface area contributed by atoms with Crippen molar-refractivity contribution in [3.8, 4) is 6.07 Å². The normalized spacial score (nSPS) is 11.1. The summed E-state index contributed by atoms with van der Waals surface area (Å²) in [5.41, 5.74) is -1.74. The van der Waals surface area contributed by atoms with E-state index in [-0.39, 0.29) is 9.13 Å². The van der Waals surface area contributed by atoms with Gasteiger partial charge in [-0.25, -0.2) is 0 Å². The zero-order valence-electron chi connectivity index (χ0n) is 8.11. The number of carbonyl (C=O) groups excluding carboxylic acids is 1. The summed E-state index contributed by atoms with van der Waals surface area (Å²) in [5, 5.41) is 8.63. The second-order valence-corrected chi connectivity index (χ2v) is 4.47. The molecule has 0 unspecified atom stereocenters. The predicted molar refractivity (Wildman–Crippen MR) is 63.9 cm³/mol. The number of nitriles is 1. The van der Waals surface area contributed by atoms with Crippen molar-refractivity contribution in [1.29, 1.82) is 5.26 Å². The Labute approximate surface area is 114 Å². The van der Waals surface area contributed by atoms with E-state index in [1.54, 1.807) is 22.6 Å². The Kier molecular flexibility index (Phi) is 4.38. The molecular formula is C10H4ClF3INO. The lowest BCUT2D eigenvalue weighted by atomic mass is 10.0. The molecule has 0 aliphatic heterocycles. The summed E-state index contributed by atoms with van der Waals surface area (Å²) in [7, 11) is 0. The number of ketones is 1. The monoisotopic (exact) mass is 373 g/mol. The van der Waals surface area contributed by atoms with Crippen LogP contribution in [0, 0.1) is 14.9 Å². The van der Waals surface area contributed by atoms with Crippen LogP contribution >= 0.6 is 34.2 Å². The van der Waals surface area contributed by atoms with Crippen molar-refractivity contribution >= 4 is 40.0 Å². The number of carbonyl (C=O) groups is 1. The third-order valence-electron chi connectivity index (χ3n) is 1.95. The molecule has 0 saturated carbocycles. The second kappa shape index (κ2) is 5.23. The van der Waals surface area contributed by atoms with Gasteiger partial charge in [0.1, 0.15) is 0 Å². The summed E-state index contributed by atoms with van der Waals surface area (Å²) < 4.78 is 38.1. The summed E-state index contributed by atoms with van der Waals surface area (Å²) in [6, 6.07) is 3.16. The summed E-state index contributed by atoms with van der Waals surface area (Å²) in [6.07, 6.45) is -4.67. The molecular weight excluding hydrogens is 369 g/mol. The number of alkyl halides is 4. The maximum Gasteiger partial charge on any atom is 0.417 e. The zero-order valence-corrected chi connectivity index (χ0v) is 11.0. The van der Waals surface area contributed by atoms with E-state index < -0.39 is 29.0 Å². The number of nitrogens with zero attached hydrogens (tertiary/aromatic N) is 1. The molecule has 0 bridgehead atoms. The molecule has 0 aliphatic rings. The first-order valence-electron chi connectivity index (χ1n) is 4.21. The van der Waals surface area contributed by atoms with Gasteiger partial charge in [0, 0.05) is 9.13 Å². The van der Waals surface area contributed by atoms with Crippen LogP contribution in [0.3, 0.4) is 0 Å². The minimum absolute atomic E-state index is 0.119. The largest absolute Gasteiger partial charge is 0.417 e. The molecule has 1 aromatic carbocycles. The Hall–Kier alpha value is -0.810. The molecule has 0 spiro atoms. The maximum atomic E-state index is 12.6. The van der Waals surface area contributed by atoms with Gasteiger partial charge in [0.05, 0.1) is 23.1 Å². The van der Waals surface area contributed by atoms with E-state index in [9.17, 15) is 18.0 Å². The molecule has 0 atom stereocenters. The second-order valence-electron chi connectivity index (χ2n) is 3.04. The maximum absolute atomic E-state index is 12.6. The fourth-order valence-electron chi connectivity index (χ4n) is 1.19. The summed E-state index contributed by atoms with van der Waals surface area (Å²) in [5.74, 6) is -1.01. The van der Waals surface area contributed by atoms with Crippen molar-refractivity contribution in [3.63, 3.8) is 0 Å². The highest BCUT2D eigenvalue weighted by Gasteiger charge is 2.35. The van der Waals surface area contributed by atoms with Crippen molar-refractivity contribution in [2.75, 3.05) is 5.88 Å². The molecule has 0 radical (unpaired) electrons. The number of hydrogen-bond acceptors (Lipinski definition) is 2. The van der Waals surface area contributed by atoms with Crippen LogP contribution in [-0.4, -0.2) is 11.7 Å². The van der Waals surface area contributed by atoms with Crippen LogP contribution in [0.1, 0.15) is 21.5 Å². The molecule has 0 heterocycles. The Morgan fingerprint density at radius 3 is 2.47 bits per heavy atom. The van der Waals surface area contributed by atoms with Crippen molar-refractivity contribution < 1.29 is 18.0 Å². The molecule has 90 valence electrons. The fourth-order valence-corrected chi connectivity index (χ4v) is 2.10. The van der Waals surface area contributed by atoms with E-state index in [0.29, 0.717) is 6.07 Å². The van der Waals surface area contributed by atoms with Gasteiger partial charge in [-0.1, -0.05) is 0 Å². The van der Waals surface area contributed by atoms with Crippen molar-refractivity contribution in [3.05, 3.63) is 32.4 Å². The number of halogens is 5. The minimum Gasteiger partial charge on any atom is -0.293 e. The van der Waals surface area contributed by atoms with Gasteiger partial charge in [-0.15, -0.1) is 11.6 Å². The standard InChI is InChI=1S/C10H4ClF3INO/c11-3-9(17)6-2-7(10(12,13)14)5(4-16)1-8(6)15/h1-2H,3H2. The Bertz CT molecular complexity index is 507. The van der Waals surface area contributed by atoms with Crippen LogP contribution in [0.5, 0.6) is 0 Å². The highest BCUT2D eigenvalue weighted by molar-refractivity contribution is 14.1. The van der Waals surface area contributed by atoms with E-state index in [4.69, 9.17) is 16.9 Å². The number of hydrogen-bond donors (Lipinski definition) is 0. The average molecular weight is 373 g/mol. The highest BCUT2D eigenvalue weighted by Crippen LogP contribution is 2.34. The van der Waals surface area contributed by atoms with E-state index >= 15 is 0 Å². The van der Waals surface area contributed by atoms with E-state index in [1.807, 2.05) is 0 Å². The van der Waals surface area contributed by atoms with Gasteiger partial charge in [0.15, 0.2) is 5.78 Å². The lowest BCUT2D eigenvalue weighted by Crippen LogP contribution is -2.12. The van der Waals surface area contributed by atoms with Gasteiger partial charge in [-0.2, -0.15) is 18.4 Å². The lowest BCUT2D eigenvalue weighted by molar-refractivity contribution is -0.137. The summed E-state index contributed by atoms with van der Waals surface area (Å²) in [6.45, 7) is 0. The van der Waals surface area contributed by atoms with Crippen LogP contribution in [-0.2, 0) is 6.18 Å². The molecule has 17 heavy (non-hydrogen) atoms. The first-order chi connectivity index (χ1) is 7.81. The minimum atomic E-state index is -4.67. The summed E-state index contributed by atoms with van der Waals surface area (Å²) in [4.78, 5) is 11.3. The van der Waals surface area contributed by atoms with Crippen LogP contribution < -0.4 is 0 Å². The van der Waals surface area contributed by atoms with Crippen molar-refractivity contribution in [2.45, 2.75) is 6.18 Å². The van der Waals surface area contributed by atoms with Gasteiger partial charge in [-0.05, 0) is 34.7 Å². The van der Waals surface area contributed by atoms with Crippen LogP contribution in [0.2, 0.25) is 0 Å². The topological polar surface area (TPSA) is 40.9 Å². The van der Waals surface area contributed by atoms with E-state index in [1.165, 1.54) is 6.07 Å². The predicted octanol–water partition coefficient (Wildman–Crippen LogP) is 3.60. The first-order valence-corrected chi connectivity index (χ1v) is 5.82. The van der Waals surface area contributed by atoms with Gasteiger partial charge < -0.3 is 0 Å². The van der Waals surface area contributed by atoms with E-state index in [2.05, 4.69) is 0 Å². The molecule has 0 amide bonds. The molecule has 7 heteroatoms. The third kappa shape index (κ3) is 3.10. The number of benzene rings is 1. The van der Waals surface area contributed by atoms with Crippen molar-refractivity contribution in [2.24, 2.45) is 0 Å². The first kappa shape index (κ1) is 14.3. The smallest absolute Gasteiger partial charge is 0.293 e. The third-order valence-corrected chi connectivity index (χ3v) is 3.09. The summed E-state index contributed by atoms with van der Waals surface area (Å²) >= 11 is 6.99. The van der Waals surface area contributed by atoms with Crippen LogP contribution in [0.25, 0.3) is 0 Å².